The Morgan fingerprint density at radius 1 is 1.17 bits per heavy atom. The van der Waals surface area contributed by atoms with Gasteiger partial charge in [0.25, 0.3) is 0 Å². The fourth-order valence-corrected chi connectivity index (χ4v) is 1.87. The first kappa shape index (κ1) is 14.6. The number of esters is 1. The van der Waals surface area contributed by atoms with Crippen molar-refractivity contribution in [2.75, 3.05) is 25.6 Å². The van der Waals surface area contributed by atoms with Gasteiger partial charge in [0.2, 0.25) is 0 Å². The van der Waals surface area contributed by atoms with Crippen LogP contribution in [0.5, 0.6) is 0 Å². The van der Waals surface area contributed by atoms with E-state index < -0.39 is 0 Å². The Bertz CT molecular complexity index is 359. The number of anilines is 1. The summed E-state index contributed by atoms with van der Waals surface area (Å²) in [6.07, 6.45) is 5.05. The van der Waals surface area contributed by atoms with Gasteiger partial charge in [-0.1, -0.05) is 26.2 Å². The van der Waals surface area contributed by atoms with Crippen LogP contribution in [0.2, 0.25) is 0 Å². The fraction of sp³-hybridized carbons (Fsp3) is 0.533. The van der Waals surface area contributed by atoms with Crippen LogP contribution in [0.15, 0.2) is 24.3 Å². The maximum atomic E-state index is 11.3. The molecule has 0 heterocycles. The molecule has 0 unspecified atom stereocenters. The molecule has 0 amide bonds. The van der Waals surface area contributed by atoms with E-state index in [0.29, 0.717) is 5.56 Å². The molecule has 3 heteroatoms. The minimum atomic E-state index is -0.285. The van der Waals surface area contributed by atoms with E-state index in [1.165, 1.54) is 32.8 Å². The summed E-state index contributed by atoms with van der Waals surface area (Å²) in [5.74, 6) is -0.285. The van der Waals surface area contributed by atoms with Gasteiger partial charge in [0.1, 0.15) is 0 Å². The standard InChI is InChI=1S/C15H23NO2/c1-4-5-6-7-12-16(2)14-10-8-13(9-11-14)15(17)18-3/h8-11H,4-7,12H2,1-3H3. The van der Waals surface area contributed by atoms with Gasteiger partial charge in [-0.15, -0.1) is 0 Å². The monoisotopic (exact) mass is 249 g/mol. The zero-order chi connectivity index (χ0) is 13.4. The maximum absolute atomic E-state index is 11.3. The second-order valence-corrected chi connectivity index (χ2v) is 4.52. The molecule has 18 heavy (non-hydrogen) atoms. The summed E-state index contributed by atoms with van der Waals surface area (Å²) in [5, 5.41) is 0. The molecule has 0 aliphatic heterocycles. The van der Waals surface area contributed by atoms with Crippen LogP contribution in [-0.4, -0.2) is 26.7 Å². The van der Waals surface area contributed by atoms with Crippen LogP contribution in [-0.2, 0) is 4.74 Å². The van der Waals surface area contributed by atoms with Crippen molar-refractivity contribution in [2.45, 2.75) is 32.6 Å². The van der Waals surface area contributed by atoms with E-state index in [2.05, 4.69) is 23.6 Å². The molecule has 1 rings (SSSR count). The highest BCUT2D eigenvalue weighted by Crippen LogP contribution is 2.15. The Hall–Kier alpha value is -1.51. The van der Waals surface area contributed by atoms with Crippen molar-refractivity contribution < 1.29 is 9.53 Å². The first-order valence-electron chi connectivity index (χ1n) is 6.58. The van der Waals surface area contributed by atoms with Crippen molar-refractivity contribution in [1.82, 2.24) is 0 Å². The lowest BCUT2D eigenvalue weighted by Crippen LogP contribution is -2.18. The third-order valence-corrected chi connectivity index (χ3v) is 3.08. The average Bonchev–Trinajstić information content (AvgIpc) is 2.42. The summed E-state index contributed by atoms with van der Waals surface area (Å²) < 4.78 is 4.68. The van der Waals surface area contributed by atoms with Crippen LogP contribution in [0, 0.1) is 0 Å². The number of benzene rings is 1. The average molecular weight is 249 g/mol. The number of carbonyl (C=O) groups is 1. The highest BCUT2D eigenvalue weighted by Gasteiger charge is 2.06. The summed E-state index contributed by atoms with van der Waals surface area (Å²) in [4.78, 5) is 13.5. The van der Waals surface area contributed by atoms with E-state index in [1.807, 2.05) is 24.3 Å². The van der Waals surface area contributed by atoms with Crippen molar-refractivity contribution in [3.63, 3.8) is 0 Å². The van der Waals surface area contributed by atoms with Gasteiger partial charge in [-0.25, -0.2) is 4.79 Å². The van der Waals surface area contributed by atoms with Crippen molar-refractivity contribution in [3.8, 4) is 0 Å². The van der Waals surface area contributed by atoms with Crippen LogP contribution >= 0.6 is 0 Å². The minimum absolute atomic E-state index is 0.285. The van der Waals surface area contributed by atoms with Gasteiger partial charge >= 0.3 is 5.97 Å². The molecule has 1 aromatic carbocycles. The molecule has 0 aromatic heterocycles. The van der Waals surface area contributed by atoms with Crippen molar-refractivity contribution in [3.05, 3.63) is 29.8 Å². The molecule has 3 nitrogen and oxygen atoms in total. The van der Waals surface area contributed by atoms with E-state index in [4.69, 9.17) is 0 Å². The molecule has 0 saturated heterocycles. The summed E-state index contributed by atoms with van der Waals surface area (Å²) in [6, 6.07) is 7.55. The van der Waals surface area contributed by atoms with E-state index in [9.17, 15) is 4.79 Å². The zero-order valence-electron chi connectivity index (χ0n) is 11.6. The normalized spacial score (nSPS) is 10.2. The van der Waals surface area contributed by atoms with Gasteiger partial charge in [0.15, 0.2) is 0 Å². The first-order chi connectivity index (χ1) is 8.69. The second-order valence-electron chi connectivity index (χ2n) is 4.52. The first-order valence-corrected chi connectivity index (χ1v) is 6.58. The lowest BCUT2D eigenvalue weighted by atomic mass is 10.1. The molecule has 100 valence electrons. The number of nitrogens with zero attached hydrogens (tertiary/aromatic N) is 1. The number of rotatable bonds is 7. The molecule has 0 spiro atoms. The van der Waals surface area contributed by atoms with Crippen LogP contribution in [0.25, 0.3) is 0 Å². The van der Waals surface area contributed by atoms with Crippen LogP contribution < -0.4 is 4.90 Å². The van der Waals surface area contributed by atoms with Crippen molar-refractivity contribution in [2.24, 2.45) is 0 Å². The number of methoxy groups -OCH3 is 1. The Kier molecular flexibility index (Phi) is 6.26. The highest BCUT2D eigenvalue weighted by atomic mass is 16.5. The Balaban J connectivity index is 2.48. The van der Waals surface area contributed by atoms with Gasteiger partial charge in [-0.3, -0.25) is 0 Å². The fourth-order valence-electron chi connectivity index (χ4n) is 1.87. The molecule has 0 aliphatic carbocycles. The maximum Gasteiger partial charge on any atom is 0.337 e. The topological polar surface area (TPSA) is 29.5 Å². The number of hydrogen-bond acceptors (Lipinski definition) is 3. The molecule has 0 saturated carbocycles. The van der Waals surface area contributed by atoms with Crippen LogP contribution in [0.4, 0.5) is 5.69 Å². The van der Waals surface area contributed by atoms with Gasteiger partial charge in [0, 0.05) is 19.3 Å². The number of carbonyl (C=O) groups excluding carboxylic acids is 1. The zero-order valence-corrected chi connectivity index (χ0v) is 11.6. The molecular formula is C15H23NO2. The van der Waals surface area contributed by atoms with Crippen molar-refractivity contribution in [1.29, 1.82) is 0 Å². The SMILES string of the molecule is CCCCCCN(C)c1ccc(C(=O)OC)cc1. The lowest BCUT2D eigenvalue weighted by Gasteiger charge is -2.19. The van der Waals surface area contributed by atoms with Crippen LogP contribution in [0.1, 0.15) is 43.0 Å². The molecule has 0 N–H and O–H groups in total. The van der Waals surface area contributed by atoms with E-state index >= 15 is 0 Å². The molecule has 0 radical (unpaired) electrons. The largest absolute Gasteiger partial charge is 0.465 e. The van der Waals surface area contributed by atoms with Gasteiger partial charge in [-0.05, 0) is 30.7 Å². The van der Waals surface area contributed by atoms with E-state index in [0.717, 1.165) is 12.2 Å². The third kappa shape index (κ3) is 4.40. The smallest absolute Gasteiger partial charge is 0.337 e. The number of ether oxygens (including phenoxy) is 1. The molecular weight excluding hydrogens is 226 g/mol. The quantitative estimate of drug-likeness (QED) is 0.547. The van der Waals surface area contributed by atoms with E-state index in [1.54, 1.807) is 0 Å². The minimum Gasteiger partial charge on any atom is -0.465 e. The summed E-state index contributed by atoms with van der Waals surface area (Å²) >= 11 is 0. The third-order valence-electron chi connectivity index (χ3n) is 3.08. The Labute approximate surface area is 110 Å². The predicted molar refractivity (Wildman–Crippen MR) is 75.2 cm³/mol. The summed E-state index contributed by atoms with van der Waals surface area (Å²) in [5.41, 5.74) is 1.74. The predicted octanol–water partition coefficient (Wildman–Crippen LogP) is 3.49. The molecule has 0 atom stereocenters. The van der Waals surface area contributed by atoms with Crippen molar-refractivity contribution >= 4 is 11.7 Å². The van der Waals surface area contributed by atoms with Gasteiger partial charge < -0.3 is 9.64 Å². The summed E-state index contributed by atoms with van der Waals surface area (Å²) in [6.45, 7) is 3.27. The summed E-state index contributed by atoms with van der Waals surface area (Å²) in [7, 11) is 3.48. The number of unbranched alkanes of at least 4 members (excludes halogenated alkanes) is 3. The van der Waals surface area contributed by atoms with Gasteiger partial charge in [-0.2, -0.15) is 0 Å². The lowest BCUT2D eigenvalue weighted by molar-refractivity contribution is 0.0601. The number of hydrogen-bond donors (Lipinski definition) is 0. The second kappa shape index (κ2) is 7.75. The Morgan fingerprint density at radius 3 is 2.39 bits per heavy atom. The Morgan fingerprint density at radius 2 is 1.83 bits per heavy atom. The van der Waals surface area contributed by atoms with E-state index in [-0.39, 0.29) is 5.97 Å². The highest BCUT2D eigenvalue weighted by molar-refractivity contribution is 5.89. The molecule has 0 fully saturated rings. The molecule has 0 bridgehead atoms. The van der Waals surface area contributed by atoms with Gasteiger partial charge in [0.05, 0.1) is 12.7 Å². The van der Waals surface area contributed by atoms with Crippen LogP contribution in [0.3, 0.4) is 0 Å². The molecule has 1 aromatic rings. The molecule has 0 aliphatic rings.